The van der Waals surface area contributed by atoms with E-state index in [1.54, 1.807) is 17.1 Å². The Bertz CT molecular complexity index is 611. The molecule has 0 aliphatic carbocycles. The number of likely N-dealkylation sites (tertiary alicyclic amines) is 1. The van der Waals surface area contributed by atoms with Crippen molar-refractivity contribution in [3.8, 4) is 5.75 Å². The first-order chi connectivity index (χ1) is 10.6. The summed E-state index contributed by atoms with van der Waals surface area (Å²) in [6.07, 6.45) is 2.71. The molecule has 6 heteroatoms. The fourth-order valence-electron chi connectivity index (χ4n) is 2.72. The maximum atomic E-state index is 10.2. The Hall–Kier alpha value is -1.89. The largest absolute Gasteiger partial charge is 0.483 e. The summed E-state index contributed by atoms with van der Waals surface area (Å²) < 4.78 is 7.48. The Morgan fingerprint density at radius 1 is 1.23 bits per heavy atom. The van der Waals surface area contributed by atoms with E-state index in [1.165, 1.54) is 0 Å². The number of hydrogen-bond acceptors (Lipinski definition) is 5. The number of ether oxygens (including phenoxy) is 1. The summed E-state index contributed by atoms with van der Waals surface area (Å²) in [6.45, 7) is 2.09. The van der Waals surface area contributed by atoms with Crippen molar-refractivity contribution in [1.29, 1.82) is 0 Å². The van der Waals surface area contributed by atoms with E-state index < -0.39 is 6.10 Å². The van der Waals surface area contributed by atoms with E-state index in [0.717, 1.165) is 17.7 Å². The molecule has 1 fully saturated rings. The summed E-state index contributed by atoms with van der Waals surface area (Å²) in [7, 11) is 1.83. The van der Waals surface area contributed by atoms with Gasteiger partial charge in [0.15, 0.2) is 5.75 Å². The van der Waals surface area contributed by atoms with Crippen LogP contribution in [0.2, 0.25) is 0 Å². The van der Waals surface area contributed by atoms with Gasteiger partial charge in [0, 0.05) is 26.7 Å². The number of β-amino-alcohol motifs (C(OH)–C–C–N with tert-alkyl or cyclic N) is 1. The molecule has 2 atom stereocenters. The lowest BCUT2D eigenvalue weighted by molar-refractivity contribution is 0.0736. The summed E-state index contributed by atoms with van der Waals surface area (Å²) in [4.78, 5) is 2.17. The summed E-state index contributed by atoms with van der Waals surface area (Å²) >= 11 is 0. The average molecular weight is 303 g/mol. The first kappa shape index (κ1) is 15.0. The molecule has 6 nitrogen and oxygen atoms in total. The van der Waals surface area contributed by atoms with Gasteiger partial charge in [-0.2, -0.15) is 5.10 Å². The second-order valence-electron chi connectivity index (χ2n) is 5.74. The molecular formula is C16H21N3O3. The van der Waals surface area contributed by atoms with E-state index in [9.17, 15) is 5.11 Å². The average Bonchev–Trinajstić information content (AvgIpc) is 3.06. The van der Waals surface area contributed by atoms with Gasteiger partial charge in [-0.25, -0.2) is 0 Å². The van der Waals surface area contributed by atoms with Crippen LogP contribution in [0.4, 0.5) is 0 Å². The number of benzene rings is 1. The fourth-order valence-corrected chi connectivity index (χ4v) is 2.72. The van der Waals surface area contributed by atoms with E-state index in [2.05, 4.69) is 10.00 Å². The monoisotopic (exact) mass is 303 g/mol. The van der Waals surface area contributed by atoms with Crippen LogP contribution < -0.4 is 4.74 Å². The minimum atomic E-state index is -0.503. The first-order valence-electron chi connectivity index (χ1n) is 7.38. The molecule has 0 amide bonds. The predicted molar refractivity (Wildman–Crippen MR) is 81.3 cm³/mol. The molecule has 1 aliphatic rings. The Balaban J connectivity index is 1.57. The van der Waals surface area contributed by atoms with Crippen LogP contribution in [0.15, 0.2) is 36.7 Å². The summed E-state index contributed by atoms with van der Waals surface area (Å²) in [5, 5.41) is 23.3. The molecule has 0 spiro atoms. The third kappa shape index (κ3) is 3.47. The molecular weight excluding hydrogens is 282 g/mol. The normalized spacial score (nSPS) is 22.1. The van der Waals surface area contributed by atoms with Crippen LogP contribution in [0, 0.1) is 0 Å². The minimum absolute atomic E-state index is 0.0593. The van der Waals surface area contributed by atoms with Crippen LogP contribution in [0.3, 0.4) is 0 Å². The highest BCUT2D eigenvalue weighted by atomic mass is 16.5. The molecule has 2 N–H and O–H groups in total. The Kier molecular flexibility index (Phi) is 4.42. The molecule has 0 radical (unpaired) electrons. The van der Waals surface area contributed by atoms with Crippen LogP contribution in [0.5, 0.6) is 5.75 Å². The van der Waals surface area contributed by atoms with Gasteiger partial charge in [-0.15, -0.1) is 0 Å². The van der Waals surface area contributed by atoms with Crippen molar-refractivity contribution in [3.63, 3.8) is 0 Å². The Morgan fingerprint density at radius 3 is 2.59 bits per heavy atom. The zero-order chi connectivity index (χ0) is 15.5. The molecule has 1 aromatic carbocycles. The van der Waals surface area contributed by atoms with Gasteiger partial charge in [-0.1, -0.05) is 24.3 Å². The third-order valence-corrected chi connectivity index (χ3v) is 3.89. The highest BCUT2D eigenvalue weighted by Crippen LogP contribution is 2.20. The summed E-state index contributed by atoms with van der Waals surface area (Å²) in [5.74, 6) is 0.681. The van der Waals surface area contributed by atoms with Crippen LogP contribution in [0.1, 0.15) is 11.1 Å². The second-order valence-corrected chi connectivity index (χ2v) is 5.74. The highest BCUT2D eigenvalue weighted by Gasteiger charge is 2.33. The van der Waals surface area contributed by atoms with Crippen molar-refractivity contribution < 1.29 is 14.9 Å². The number of nitrogens with zero attached hydrogens (tertiary/aromatic N) is 3. The lowest BCUT2D eigenvalue weighted by Gasteiger charge is -2.16. The fraction of sp³-hybridized carbons (Fsp3) is 0.438. The lowest BCUT2D eigenvalue weighted by atomic mass is 10.1. The number of aryl methyl sites for hydroxylation is 1. The summed E-state index contributed by atoms with van der Waals surface area (Å²) in [5.41, 5.74) is 2.06. The molecule has 0 bridgehead atoms. The van der Waals surface area contributed by atoms with Crippen molar-refractivity contribution in [3.05, 3.63) is 47.8 Å². The quantitative estimate of drug-likeness (QED) is 0.843. The Labute approximate surface area is 129 Å². The second kappa shape index (κ2) is 6.48. The lowest BCUT2D eigenvalue weighted by Crippen LogP contribution is -2.29. The van der Waals surface area contributed by atoms with E-state index in [4.69, 9.17) is 9.84 Å². The molecule has 0 saturated carbocycles. The van der Waals surface area contributed by atoms with Crippen molar-refractivity contribution in [2.75, 3.05) is 13.1 Å². The van der Waals surface area contributed by atoms with Gasteiger partial charge in [-0.3, -0.25) is 9.58 Å². The summed E-state index contributed by atoms with van der Waals surface area (Å²) in [6, 6.07) is 7.86. The van der Waals surface area contributed by atoms with E-state index in [0.29, 0.717) is 18.8 Å². The Morgan fingerprint density at radius 2 is 1.95 bits per heavy atom. The van der Waals surface area contributed by atoms with Crippen LogP contribution >= 0.6 is 0 Å². The SMILES string of the molecule is Cn1cc(O[C@@H]2CN(Cc3ccc(CO)cc3)C[C@H]2O)cn1. The van der Waals surface area contributed by atoms with Gasteiger partial charge < -0.3 is 14.9 Å². The van der Waals surface area contributed by atoms with E-state index in [-0.39, 0.29) is 12.7 Å². The van der Waals surface area contributed by atoms with Crippen LogP contribution in [-0.4, -0.2) is 50.2 Å². The molecule has 2 heterocycles. The van der Waals surface area contributed by atoms with Crippen LogP contribution in [-0.2, 0) is 20.2 Å². The number of aromatic nitrogens is 2. The number of hydrogen-bond donors (Lipinski definition) is 2. The number of rotatable bonds is 5. The number of aliphatic hydroxyl groups excluding tert-OH is 2. The minimum Gasteiger partial charge on any atom is -0.483 e. The van der Waals surface area contributed by atoms with Gasteiger partial charge in [0.25, 0.3) is 0 Å². The zero-order valence-electron chi connectivity index (χ0n) is 12.6. The molecule has 118 valence electrons. The van der Waals surface area contributed by atoms with Gasteiger partial charge in [0.1, 0.15) is 12.2 Å². The number of aliphatic hydroxyl groups is 2. The van der Waals surface area contributed by atoms with Gasteiger partial charge in [0.2, 0.25) is 0 Å². The third-order valence-electron chi connectivity index (χ3n) is 3.89. The van der Waals surface area contributed by atoms with Crippen molar-refractivity contribution >= 4 is 0 Å². The van der Waals surface area contributed by atoms with E-state index >= 15 is 0 Å². The standard InChI is InChI=1S/C16H21N3O3/c1-18-8-14(6-17-18)22-16-10-19(9-15(16)21)7-12-2-4-13(11-20)5-3-12/h2-6,8,15-16,20-21H,7,9-11H2,1H3/t15-,16-/m1/s1. The van der Waals surface area contributed by atoms with E-state index in [1.807, 2.05) is 31.3 Å². The molecule has 1 saturated heterocycles. The molecule has 1 aromatic heterocycles. The van der Waals surface area contributed by atoms with Gasteiger partial charge in [0.05, 0.1) is 19.0 Å². The highest BCUT2D eigenvalue weighted by molar-refractivity contribution is 5.22. The first-order valence-corrected chi connectivity index (χ1v) is 7.38. The van der Waals surface area contributed by atoms with Gasteiger partial charge >= 0.3 is 0 Å². The molecule has 3 rings (SSSR count). The predicted octanol–water partition coefficient (Wildman–Crippen LogP) is 0.536. The van der Waals surface area contributed by atoms with Crippen LogP contribution in [0.25, 0.3) is 0 Å². The maximum Gasteiger partial charge on any atom is 0.157 e. The molecule has 1 aliphatic heterocycles. The molecule has 2 aromatic rings. The maximum absolute atomic E-state index is 10.2. The van der Waals surface area contributed by atoms with Gasteiger partial charge in [-0.05, 0) is 11.1 Å². The zero-order valence-corrected chi connectivity index (χ0v) is 12.6. The van der Waals surface area contributed by atoms with Crippen molar-refractivity contribution in [2.45, 2.75) is 25.4 Å². The molecule has 0 unspecified atom stereocenters. The smallest absolute Gasteiger partial charge is 0.157 e. The van der Waals surface area contributed by atoms with Crippen molar-refractivity contribution in [1.82, 2.24) is 14.7 Å². The van der Waals surface area contributed by atoms with Crippen molar-refractivity contribution in [2.24, 2.45) is 7.05 Å². The topological polar surface area (TPSA) is 70.8 Å². The molecule has 22 heavy (non-hydrogen) atoms.